The zero-order valence-electron chi connectivity index (χ0n) is 14.9. The number of hydrogen-bond acceptors (Lipinski definition) is 4. The highest BCUT2D eigenvalue weighted by Gasteiger charge is 2.20. The van der Waals surface area contributed by atoms with E-state index in [4.69, 9.17) is 16.3 Å². The van der Waals surface area contributed by atoms with Crippen LogP contribution >= 0.6 is 11.6 Å². The van der Waals surface area contributed by atoms with Gasteiger partial charge in [0, 0.05) is 48.5 Å². The van der Waals surface area contributed by atoms with E-state index in [1.807, 2.05) is 48.7 Å². The van der Waals surface area contributed by atoms with Crippen LogP contribution in [0.2, 0.25) is 5.02 Å². The van der Waals surface area contributed by atoms with Crippen molar-refractivity contribution in [1.29, 1.82) is 0 Å². The number of ether oxygens (including phenoxy) is 1. The molecule has 5 heteroatoms. The van der Waals surface area contributed by atoms with Gasteiger partial charge in [-0.25, -0.2) is 0 Å². The lowest BCUT2D eigenvalue weighted by molar-refractivity contribution is 0.224. The van der Waals surface area contributed by atoms with Gasteiger partial charge in [0.2, 0.25) is 0 Å². The van der Waals surface area contributed by atoms with Gasteiger partial charge >= 0.3 is 0 Å². The Morgan fingerprint density at radius 3 is 2.81 bits per heavy atom. The number of aromatic nitrogens is 1. The van der Waals surface area contributed by atoms with Gasteiger partial charge in [-0.05, 0) is 47.5 Å². The van der Waals surface area contributed by atoms with E-state index in [1.54, 1.807) is 6.07 Å². The van der Waals surface area contributed by atoms with Gasteiger partial charge in [-0.15, -0.1) is 0 Å². The molecule has 3 aromatic rings. The van der Waals surface area contributed by atoms with Gasteiger partial charge < -0.3 is 9.84 Å². The summed E-state index contributed by atoms with van der Waals surface area (Å²) in [5.74, 6) is 0.759. The van der Waals surface area contributed by atoms with Crippen LogP contribution in [-0.4, -0.2) is 34.7 Å². The Kier molecular flexibility index (Phi) is 5.28. The summed E-state index contributed by atoms with van der Waals surface area (Å²) < 4.78 is 5.84. The Bertz CT molecular complexity index is 931. The van der Waals surface area contributed by atoms with Crippen molar-refractivity contribution in [1.82, 2.24) is 9.88 Å². The molecule has 1 N–H and O–H groups in total. The molecular formula is C22H21ClN2O2. The molecule has 0 fully saturated rings. The zero-order valence-corrected chi connectivity index (χ0v) is 15.7. The minimum atomic E-state index is 0.175. The Morgan fingerprint density at radius 1 is 1.07 bits per heavy atom. The number of nitrogens with zero attached hydrogens (tertiary/aromatic N) is 2. The van der Waals surface area contributed by atoms with Crippen molar-refractivity contribution in [2.45, 2.75) is 13.0 Å². The maximum absolute atomic E-state index is 10.5. The Balaban J connectivity index is 1.57. The van der Waals surface area contributed by atoms with Gasteiger partial charge in [0.15, 0.2) is 11.5 Å². The van der Waals surface area contributed by atoms with Gasteiger partial charge in [-0.2, -0.15) is 0 Å². The van der Waals surface area contributed by atoms with Crippen molar-refractivity contribution in [2.75, 3.05) is 19.7 Å². The van der Waals surface area contributed by atoms with E-state index in [2.05, 4.69) is 16.0 Å². The molecule has 0 bridgehead atoms. The molecule has 4 nitrogen and oxygen atoms in total. The van der Waals surface area contributed by atoms with Crippen LogP contribution in [0, 0.1) is 0 Å². The molecule has 4 rings (SSSR count). The number of aromatic hydroxyl groups is 1. The highest BCUT2D eigenvalue weighted by molar-refractivity contribution is 6.30. The van der Waals surface area contributed by atoms with Crippen LogP contribution in [0.15, 0.2) is 60.8 Å². The molecule has 0 spiro atoms. The zero-order chi connectivity index (χ0) is 18.6. The molecule has 1 aliphatic rings. The summed E-state index contributed by atoms with van der Waals surface area (Å²) in [6.45, 7) is 2.98. The largest absolute Gasteiger partial charge is 0.504 e. The first-order chi connectivity index (χ1) is 13.2. The van der Waals surface area contributed by atoms with Gasteiger partial charge in [-0.1, -0.05) is 29.8 Å². The van der Waals surface area contributed by atoms with Gasteiger partial charge in [0.25, 0.3) is 0 Å². The van der Waals surface area contributed by atoms with Crippen LogP contribution in [0.4, 0.5) is 0 Å². The smallest absolute Gasteiger partial charge is 0.165 e. The average Bonchev–Trinajstić information content (AvgIpc) is 2.89. The summed E-state index contributed by atoms with van der Waals surface area (Å²) in [5.41, 5.74) is 3.98. The first kappa shape index (κ1) is 17.8. The molecule has 1 aromatic heterocycles. The number of hydrogen-bond donors (Lipinski definition) is 1. The third-order valence-electron chi connectivity index (χ3n) is 4.76. The average molecular weight is 381 g/mol. The second-order valence-electron chi connectivity index (χ2n) is 6.69. The van der Waals surface area contributed by atoms with Crippen LogP contribution in [0.25, 0.3) is 11.1 Å². The minimum Gasteiger partial charge on any atom is -0.504 e. The van der Waals surface area contributed by atoms with Crippen molar-refractivity contribution in [3.05, 3.63) is 77.1 Å². The van der Waals surface area contributed by atoms with Gasteiger partial charge in [0.05, 0.1) is 0 Å². The first-order valence-corrected chi connectivity index (χ1v) is 9.44. The highest BCUT2D eigenvalue weighted by Crippen LogP contribution is 2.38. The Morgan fingerprint density at radius 2 is 2.00 bits per heavy atom. The van der Waals surface area contributed by atoms with Crippen LogP contribution in [-0.2, 0) is 13.0 Å². The topological polar surface area (TPSA) is 45.6 Å². The summed E-state index contributed by atoms with van der Waals surface area (Å²) in [5, 5.41) is 11.2. The second-order valence-corrected chi connectivity index (χ2v) is 7.13. The normalized spacial score (nSPS) is 14.3. The molecule has 0 unspecified atom stereocenters. The standard InChI is InChI=1S/C22H21ClN2O2/c23-19-5-3-4-16(13-19)17-12-18-15-25(9-7-20-6-1-2-8-24-20)10-11-27-22(18)21(26)14-17/h1-6,8,12-14,26H,7,9-11,15H2. The van der Waals surface area contributed by atoms with Crippen molar-refractivity contribution < 1.29 is 9.84 Å². The van der Waals surface area contributed by atoms with Crippen LogP contribution in [0.5, 0.6) is 11.5 Å². The lowest BCUT2D eigenvalue weighted by atomic mass is 10.0. The maximum atomic E-state index is 10.5. The Labute approximate surface area is 164 Å². The molecule has 138 valence electrons. The quantitative estimate of drug-likeness (QED) is 0.721. The molecule has 0 atom stereocenters. The molecule has 2 aromatic carbocycles. The van der Waals surface area contributed by atoms with Crippen molar-refractivity contribution in [3.63, 3.8) is 0 Å². The number of halogens is 1. The number of rotatable bonds is 4. The van der Waals surface area contributed by atoms with Gasteiger partial charge in [0.1, 0.15) is 6.61 Å². The third kappa shape index (κ3) is 4.24. The second kappa shape index (κ2) is 7.99. The maximum Gasteiger partial charge on any atom is 0.165 e. The monoisotopic (exact) mass is 380 g/mol. The molecule has 2 heterocycles. The summed E-state index contributed by atoms with van der Waals surface area (Å²) >= 11 is 6.13. The third-order valence-corrected chi connectivity index (χ3v) is 5.00. The summed E-state index contributed by atoms with van der Waals surface area (Å²) in [7, 11) is 0. The van der Waals surface area contributed by atoms with E-state index in [1.165, 1.54) is 0 Å². The van der Waals surface area contributed by atoms with E-state index < -0.39 is 0 Å². The number of fused-ring (bicyclic) bond motifs is 1. The lowest BCUT2D eigenvalue weighted by Crippen LogP contribution is -2.28. The molecular weight excluding hydrogens is 360 g/mol. The summed E-state index contributed by atoms with van der Waals surface area (Å²) in [6, 6.07) is 17.5. The minimum absolute atomic E-state index is 0.175. The van der Waals surface area contributed by atoms with Gasteiger partial charge in [-0.3, -0.25) is 9.88 Å². The molecule has 0 radical (unpaired) electrons. The number of pyridine rings is 1. The van der Waals surface area contributed by atoms with Crippen molar-refractivity contribution in [2.24, 2.45) is 0 Å². The number of benzene rings is 2. The lowest BCUT2D eigenvalue weighted by Gasteiger charge is -2.19. The highest BCUT2D eigenvalue weighted by atomic mass is 35.5. The van der Waals surface area contributed by atoms with E-state index in [9.17, 15) is 5.11 Å². The Hall–Kier alpha value is -2.56. The van der Waals surface area contributed by atoms with E-state index in [-0.39, 0.29) is 5.75 Å². The fraction of sp³-hybridized carbons (Fsp3) is 0.227. The number of phenolic OH excluding ortho intramolecular Hbond substituents is 1. The van der Waals surface area contributed by atoms with Crippen LogP contribution in [0.1, 0.15) is 11.3 Å². The SMILES string of the molecule is Oc1cc(-c2cccc(Cl)c2)cc2c1OCCN(CCc1ccccn1)C2. The fourth-order valence-electron chi connectivity index (χ4n) is 3.40. The molecule has 27 heavy (non-hydrogen) atoms. The van der Waals surface area contributed by atoms with Crippen LogP contribution < -0.4 is 4.74 Å². The molecule has 0 amide bonds. The number of phenols is 1. The van der Waals surface area contributed by atoms with E-state index in [0.29, 0.717) is 17.4 Å². The van der Waals surface area contributed by atoms with E-state index in [0.717, 1.165) is 48.4 Å². The fourth-order valence-corrected chi connectivity index (χ4v) is 3.59. The van der Waals surface area contributed by atoms with Crippen molar-refractivity contribution >= 4 is 11.6 Å². The van der Waals surface area contributed by atoms with Crippen molar-refractivity contribution in [3.8, 4) is 22.6 Å². The molecule has 0 saturated heterocycles. The predicted octanol–water partition coefficient (Wildman–Crippen LogP) is 4.54. The van der Waals surface area contributed by atoms with E-state index >= 15 is 0 Å². The van der Waals surface area contributed by atoms with Crippen LogP contribution in [0.3, 0.4) is 0 Å². The molecule has 0 saturated carbocycles. The summed E-state index contributed by atoms with van der Waals surface area (Å²) in [4.78, 5) is 6.73. The first-order valence-electron chi connectivity index (χ1n) is 9.06. The summed E-state index contributed by atoms with van der Waals surface area (Å²) in [6.07, 6.45) is 2.71. The molecule has 0 aliphatic carbocycles. The predicted molar refractivity (Wildman–Crippen MR) is 107 cm³/mol. The molecule has 1 aliphatic heterocycles.